The second-order valence-electron chi connectivity index (χ2n) is 3.92. The number of carbonyl (C=O) groups excluding carboxylic acids is 1. The van der Waals surface area contributed by atoms with Gasteiger partial charge in [0, 0.05) is 19.2 Å². The van der Waals surface area contributed by atoms with Crippen molar-refractivity contribution in [1.82, 2.24) is 4.90 Å². The van der Waals surface area contributed by atoms with E-state index in [1.54, 1.807) is 6.07 Å². The number of nitrogens with zero attached hydrogens (tertiary/aromatic N) is 3. The molecule has 7 heteroatoms. The highest BCUT2D eigenvalue weighted by Crippen LogP contribution is 2.19. The second kappa shape index (κ2) is 7.74. The van der Waals surface area contributed by atoms with E-state index in [0.29, 0.717) is 13.1 Å². The van der Waals surface area contributed by atoms with E-state index in [4.69, 9.17) is 10.00 Å². The van der Waals surface area contributed by atoms with Crippen LogP contribution >= 0.6 is 0 Å². The first-order chi connectivity index (χ1) is 9.58. The Morgan fingerprint density at radius 1 is 1.55 bits per heavy atom. The van der Waals surface area contributed by atoms with Crippen molar-refractivity contribution in [1.29, 1.82) is 5.26 Å². The minimum absolute atomic E-state index is 0.0909. The molecule has 20 heavy (non-hydrogen) atoms. The van der Waals surface area contributed by atoms with Gasteiger partial charge in [0.05, 0.1) is 23.5 Å². The van der Waals surface area contributed by atoms with Crippen LogP contribution in [0, 0.1) is 21.4 Å². The summed E-state index contributed by atoms with van der Waals surface area (Å²) in [6.07, 6.45) is 0.260. The zero-order valence-corrected chi connectivity index (χ0v) is 11.1. The van der Waals surface area contributed by atoms with Crippen molar-refractivity contribution in [2.45, 2.75) is 13.3 Å². The molecule has 0 saturated carbocycles. The Morgan fingerprint density at radius 3 is 2.90 bits per heavy atom. The van der Waals surface area contributed by atoms with E-state index in [2.05, 4.69) is 0 Å². The van der Waals surface area contributed by atoms with E-state index in [1.165, 1.54) is 23.1 Å². The van der Waals surface area contributed by atoms with Crippen molar-refractivity contribution in [3.63, 3.8) is 0 Å². The Morgan fingerprint density at radius 2 is 2.30 bits per heavy atom. The molecule has 0 aliphatic rings. The number of likely N-dealkylation sites (N-methyl/N-ethyl adjacent to an activating group) is 1. The number of rotatable bonds is 7. The molecule has 1 amide bonds. The molecule has 0 bridgehead atoms. The zero-order valence-electron chi connectivity index (χ0n) is 11.1. The van der Waals surface area contributed by atoms with Crippen molar-refractivity contribution in [3.05, 3.63) is 34.4 Å². The number of amides is 1. The third-order valence-corrected chi connectivity index (χ3v) is 2.62. The standard InChI is InChI=1S/C13H15N3O4/c1-2-15(8-4-7-14)13(17)10-20-12-6-3-5-11(9-12)16(18)19/h3,5-6,9H,2,4,8,10H2,1H3. The summed E-state index contributed by atoms with van der Waals surface area (Å²) in [4.78, 5) is 23.4. The van der Waals surface area contributed by atoms with Crippen molar-refractivity contribution in [2.24, 2.45) is 0 Å². The molecule has 0 atom stereocenters. The molecule has 0 N–H and O–H groups in total. The maximum Gasteiger partial charge on any atom is 0.273 e. The van der Waals surface area contributed by atoms with E-state index < -0.39 is 4.92 Å². The fourth-order valence-corrected chi connectivity index (χ4v) is 1.57. The lowest BCUT2D eigenvalue weighted by atomic mass is 10.3. The molecule has 1 aromatic rings. The second-order valence-corrected chi connectivity index (χ2v) is 3.92. The first-order valence-corrected chi connectivity index (χ1v) is 6.10. The van der Waals surface area contributed by atoms with Gasteiger partial charge >= 0.3 is 0 Å². The number of hydrogen-bond acceptors (Lipinski definition) is 5. The number of nitro benzene ring substituents is 1. The Bertz CT molecular complexity index is 525. The van der Waals surface area contributed by atoms with Crippen LogP contribution in [0.3, 0.4) is 0 Å². The van der Waals surface area contributed by atoms with E-state index >= 15 is 0 Å². The third-order valence-electron chi connectivity index (χ3n) is 2.62. The summed E-state index contributed by atoms with van der Waals surface area (Å²) in [6.45, 7) is 2.44. The number of benzene rings is 1. The molecule has 0 saturated heterocycles. The SMILES string of the molecule is CCN(CCC#N)C(=O)COc1cccc([N+](=O)[O-])c1. The molecule has 0 aliphatic heterocycles. The molecule has 0 unspecified atom stereocenters. The highest BCUT2D eigenvalue weighted by Gasteiger charge is 2.13. The summed E-state index contributed by atoms with van der Waals surface area (Å²) in [5.74, 6) is 0.0122. The number of nitro groups is 1. The van der Waals surface area contributed by atoms with Crippen molar-refractivity contribution >= 4 is 11.6 Å². The predicted octanol–water partition coefficient (Wildman–Crippen LogP) is 1.74. The van der Waals surface area contributed by atoms with Crippen LogP contribution in [0.4, 0.5) is 5.69 Å². The smallest absolute Gasteiger partial charge is 0.273 e. The molecule has 0 radical (unpaired) electrons. The minimum Gasteiger partial charge on any atom is -0.484 e. The van der Waals surface area contributed by atoms with Gasteiger partial charge in [-0.3, -0.25) is 14.9 Å². The van der Waals surface area contributed by atoms with E-state index in [0.717, 1.165) is 0 Å². The van der Waals surface area contributed by atoms with Gasteiger partial charge in [0.15, 0.2) is 6.61 Å². The molecule has 7 nitrogen and oxygen atoms in total. The molecule has 0 heterocycles. The molecule has 0 spiro atoms. The van der Waals surface area contributed by atoms with Gasteiger partial charge in [-0.05, 0) is 13.0 Å². The van der Waals surface area contributed by atoms with Crippen LogP contribution < -0.4 is 4.74 Å². The maximum absolute atomic E-state index is 11.8. The monoisotopic (exact) mass is 277 g/mol. The molecular weight excluding hydrogens is 262 g/mol. The summed E-state index contributed by atoms with van der Waals surface area (Å²) < 4.78 is 5.24. The normalized spacial score (nSPS) is 9.60. The largest absolute Gasteiger partial charge is 0.484 e. The van der Waals surface area contributed by atoms with Gasteiger partial charge < -0.3 is 9.64 Å². The molecule has 1 aromatic carbocycles. The Kier molecular flexibility index (Phi) is 5.97. The van der Waals surface area contributed by atoms with Gasteiger partial charge in [0.25, 0.3) is 11.6 Å². The van der Waals surface area contributed by atoms with Gasteiger partial charge in [-0.2, -0.15) is 5.26 Å². The molecule has 0 aromatic heterocycles. The van der Waals surface area contributed by atoms with Crippen LogP contribution in [0.5, 0.6) is 5.75 Å². The van der Waals surface area contributed by atoms with Crippen LogP contribution in [0.1, 0.15) is 13.3 Å². The van der Waals surface area contributed by atoms with Crippen LogP contribution in [0.2, 0.25) is 0 Å². The Balaban J connectivity index is 2.58. The van der Waals surface area contributed by atoms with E-state index in [-0.39, 0.29) is 30.4 Å². The predicted molar refractivity (Wildman–Crippen MR) is 71.1 cm³/mol. The van der Waals surface area contributed by atoms with Gasteiger partial charge in [0.2, 0.25) is 0 Å². The molecule has 106 valence electrons. The number of ether oxygens (including phenoxy) is 1. The topological polar surface area (TPSA) is 96.5 Å². The summed E-state index contributed by atoms with van der Waals surface area (Å²) in [5.41, 5.74) is -0.0909. The van der Waals surface area contributed by atoms with Gasteiger partial charge in [-0.1, -0.05) is 6.07 Å². The van der Waals surface area contributed by atoms with Crippen LogP contribution in [0.25, 0.3) is 0 Å². The van der Waals surface area contributed by atoms with Crippen LogP contribution in [0.15, 0.2) is 24.3 Å². The minimum atomic E-state index is -0.528. The maximum atomic E-state index is 11.8. The lowest BCUT2D eigenvalue weighted by molar-refractivity contribution is -0.384. The van der Waals surface area contributed by atoms with Gasteiger partial charge in [0.1, 0.15) is 5.75 Å². The molecule has 0 fully saturated rings. The average Bonchev–Trinajstić information content (AvgIpc) is 2.46. The Labute approximate surface area is 116 Å². The summed E-state index contributed by atoms with van der Waals surface area (Å²) in [5, 5.41) is 19.1. The average molecular weight is 277 g/mol. The third kappa shape index (κ3) is 4.57. The van der Waals surface area contributed by atoms with E-state index in [1.807, 2.05) is 13.0 Å². The van der Waals surface area contributed by atoms with Gasteiger partial charge in [-0.15, -0.1) is 0 Å². The lowest BCUT2D eigenvalue weighted by Gasteiger charge is -2.19. The summed E-state index contributed by atoms with van der Waals surface area (Å²) in [6, 6.07) is 7.62. The zero-order chi connectivity index (χ0) is 15.0. The fraction of sp³-hybridized carbons (Fsp3) is 0.385. The highest BCUT2D eigenvalue weighted by molar-refractivity contribution is 5.77. The fourth-order valence-electron chi connectivity index (χ4n) is 1.57. The first kappa shape index (κ1) is 15.4. The number of nitriles is 1. The van der Waals surface area contributed by atoms with E-state index in [9.17, 15) is 14.9 Å². The van der Waals surface area contributed by atoms with Crippen molar-refractivity contribution in [2.75, 3.05) is 19.7 Å². The first-order valence-electron chi connectivity index (χ1n) is 6.10. The molecule has 0 aliphatic carbocycles. The summed E-state index contributed by atoms with van der Waals surface area (Å²) >= 11 is 0. The van der Waals surface area contributed by atoms with Crippen molar-refractivity contribution < 1.29 is 14.5 Å². The quantitative estimate of drug-likeness (QED) is 0.558. The summed E-state index contributed by atoms with van der Waals surface area (Å²) in [7, 11) is 0. The number of non-ortho nitro benzene ring substituents is 1. The lowest BCUT2D eigenvalue weighted by Crippen LogP contribution is -2.35. The number of carbonyl (C=O) groups is 1. The van der Waals surface area contributed by atoms with Gasteiger partial charge in [-0.25, -0.2) is 0 Å². The molecule has 1 rings (SSSR count). The molecular formula is C13H15N3O4. The van der Waals surface area contributed by atoms with Crippen LogP contribution in [-0.4, -0.2) is 35.4 Å². The number of hydrogen-bond donors (Lipinski definition) is 0. The Hall–Kier alpha value is -2.62. The van der Waals surface area contributed by atoms with Crippen molar-refractivity contribution in [3.8, 4) is 11.8 Å². The van der Waals surface area contributed by atoms with Crippen LogP contribution in [-0.2, 0) is 4.79 Å². The highest BCUT2D eigenvalue weighted by atomic mass is 16.6.